The van der Waals surface area contributed by atoms with Crippen molar-refractivity contribution < 1.29 is 5.11 Å². The molecule has 1 aromatic carbocycles. The second-order valence-electron chi connectivity index (χ2n) is 2.63. The molecule has 0 fully saturated rings. The molecule has 0 heterocycles. The van der Waals surface area contributed by atoms with Crippen LogP contribution < -0.4 is 5.32 Å². The molecule has 66 valence electrons. The van der Waals surface area contributed by atoms with Crippen molar-refractivity contribution in [2.75, 3.05) is 13.6 Å². The van der Waals surface area contributed by atoms with E-state index in [-0.39, 0.29) is 0 Å². The molecule has 12 heavy (non-hydrogen) atoms. The summed E-state index contributed by atoms with van der Waals surface area (Å²) in [6, 6.07) is 7.24. The first kappa shape index (κ1) is 9.52. The van der Waals surface area contributed by atoms with Crippen molar-refractivity contribution in [1.29, 1.82) is 0 Å². The van der Waals surface area contributed by atoms with Gasteiger partial charge in [-0.05, 0) is 24.7 Å². The summed E-state index contributed by atoms with van der Waals surface area (Å²) >= 11 is 5.76. The Hall–Kier alpha value is -0.570. The average molecular weight is 186 g/mol. The molecular weight excluding hydrogens is 174 g/mol. The van der Waals surface area contributed by atoms with Crippen molar-refractivity contribution in [1.82, 2.24) is 5.32 Å². The molecule has 0 saturated heterocycles. The molecule has 0 spiro atoms. The highest BCUT2D eigenvalue weighted by atomic mass is 35.5. The molecule has 0 aromatic heterocycles. The Morgan fingerprint density at radius 3 is 2.92 bits per heavy atom. The van der Waals surface area contributed by atoms with Gasteiger partial charge in [-0.1, -0.05) is 23.7 Å². The summed E-state index contributed by atoms with van der Waals surface area (Å²) in [6.07, 6.45) is -0.478. The van der Waals surface area contributed by atoms with E-state index in [9.17, 15) is 5.11 Å². The van der Waals surface area contributed by atoms with E-state index in [1.807, 2.05) is 12.1 Å². The molecule has 0 amide bonds. The van der Waals surface area contributed by atoms with Gasteiger partial charge in [-0.15, -0.1) is 0 Å². The lowest BCUT2D eigenvalue weighted by atomic mass is 10.1. The van der Waals surface area contributed by atoms with Crippen molar-refractivity contribution in [2.24, 2.45) is 0 Å². The van der Waals surface area contributed by atoms with E-state index in [4.69, 9.17) is 11.6 Å². The van der Waals surface area contributed by atoms with Crippen LogP contribution in [-0.2, 0) is 0 Å². The maximum atomic E-state index is 9.52. The lowest BCUT2D eigenvalue weighted by Crippen LogP contribution is -2.16. The number of rotatable bonds is 3. The third kappa shape index (κ3) is 2.48. The van der Waals surface area contributed by atoms with E-state index in [0.29, 0.717) is 11.6 Å². The lowest BCUT2D eigenvalue weighted by molar-refractivity contribution is 0.178. The molecule has 2 nitrogen and oxygen atoms in total. The SMILES string of the molecule is CNC[C@@H](O)c1cccc(Cl)c1. The fraction of sp³-hybridized carbons (Fsp3) is 0.333. The molecular formula is C9H12ClNO. The molecule has 1 rings (SSSR count). The van der Waals surface area contributed by atoms with Gasteiger partial charge in [0.05, 0.1) is 6.10 Å². The number of benzene rings is 1. The van der Waals surface area contributed by atoms with Crippen LogP contribution in [0.2, 0.25) is 5.02 Å². The van der Waals surface area contributed by atoms with Gasteiger partial charge in [0.2, 0.25) is 0 Å². The zero-order valence-corrected chi connectivity index (χ0v) is 7.67. The second kappa shape index (κ2) is 4.45. The van der Waals surface area contributed by atoms with Crippen molar-refractivity contribution in [3.05, 3.63) is 34.9 Å². The summed E-state index contributed by atoms with van der Waals surface area (Å²) in [5.41, 5.74) is 0.844. The molecule has 1 atom stereocenters. The normalized spacial score (nSPS) is 12.9. The average Bonchev–Trinajstić information content (AvgIpc) is 2.05. The molecule has 1 aromatic rings. The summed E-state index contributed by atoms with van der Waals surface area (Å²) in [4.78, 5) is 0. The van der Waals surface area contributed by atoms with Gasteiger partial charge >= 0.3 is 0 Å². The van der Waals surface area contributed by atoms with Gasteiger partial charge in [0.15, 0.2) is 0 Å². The Balaban J connectivity index is 2.73. The zero-order chi connectivity index (χ0) is 8.97. The Labute approximate surface area is 77.2 Å². The van der Waals surface area contributed by atoms with Crippen LogP contribution in [-0.4, -0.2) is 18.7 Å². The summed E-state index contributed by atoms with van der Waals surface area (Å²) in [6.45, 7) is 0.542. The van der Waals surface area contributed by atoms with E-state index in [0.717, 1.165) is 5.56 Å². The van der Waals surface area contributed by atoms with Crippen molar-refractivity contribution in [3.8, 4) is 0 Å². The van der Waals surface area contributed by atoms with E-state index in [1.165, 1.54) is 0 Å². The minimum atomic E-state index is -0.478. The third-order valence-corrected chi connectivity index (χ3v) is 1.87. The highest BCUT2D eigenvalue weighted by Gasteiger charge is 2.05. The molecule has 2 N–H and O–H groups in total. The van der Waals surface area contributed by atoms with Gasteiger partial charge < -0.3 is 10.4 Å². The third-order valence-electron chi connectivity index (χ3n) is 1.63. The fourth-order valence-electron chi connectivity index (χ4n) is 1.03. The van der Waals surface area contributed by atoms with Gasteiger partial charge in [-0.25, -0.2) is 0 Å². The monoisotopic (exact) mass is 185 g/mol. The summed E-state index contributed by atoms with van der Waals surface area (Å²) in [5, 5.41) is 13.1. The first-order chi connectivity index (χ1) is 5.74. The molecule has 0 aliphatic carbocycles. The summed E-state index contributed by atoms with van der Waals surface area (Å²) < 4.78 is 0. The number of nitrogens with one attached hydrogen (secondary N) is 1. The van der Waals surface area contributed by atoms with Gasteiger partial charge in [-0.2, -0.15) is 0 Å². The highest BCUT2D eigenvalue weighted by Crippen LogP contribution is 2.16. The standard InChI is InChI=1S/C9H12ClNO/c1-11-6-9(12)7-3-2-4-8(10)5-7/h2-5,9,11-12H,6H2,1H3/t9-/m1/s1. The Bertz CT molecular complexity index is 252. The highest BCUT2D eigenvalue weighted by molar-refractivity contribution is 6.30. The molecule has 0 radical (unpaired) electrons. The van der Waals surface area contributed by atoms with Crippen LogP contribution in [0, 0.1) is 0 Å². The van der Waals surface area contributed by atoms with Crippen LogP contribution in [0.25, 0.3) is 0 Å². The van der Waals surface area contributed by atoms with Crippen molar-refractivity contribution in [2.45, 2.75) is 6.10 Å². The minimum Gasteiger partial charge on any atom is -0.387 e. The van der Waals surface area contributed by atoms with Crippen LogP contribution in [0.5, 0.6) is 0 Å². The fourth-order valence-corrected chi connectivity index (χ4v) is 1.22. The maximum Gasteiger partial charge on any atom is 0.0914 e. The topological polar surface area (TPSA) is 32.3 Å². The first-order valence-corrected chi connectivity index (χ1v) is 4.20. The van der Waals surface area contributed by atoms with Crippen LogP contribution >= 0.6 is 11.6 Å². The van der Waals surface area contributed by atoms with E-state index in [1.54, 1.807) is 19.2 Å². The van der Waals surface area contributed by atoms with Gasteiger partial charge in [0.1, 0.15) is 0 Å². The molecule has 3 heteroatoms. The van der Waals surface area contributed by atoms with Crippen LogP contribution in [0.15, 0.2) is 24.3 Å². The Morgan fingerprint density at radius 2 is 2.33 bits per heavy atom. The van der Waals surface area contributed by atoms with E-state index in [2.05, 4.69) is 5.32 Å². The van der Waals surface area contributed by atoms with Crippen LogP contribution in [0.1, 0.15) is 11.7 Å². The van der Waals surface area contributed by atoms with Gasteiger partial charge in [0.25, 0.3) is 0 Å². The molecule has 0 saturated carbocycles. The number of likely N-dealkylation sites (N-methyl/N-ethyl adjacent to an activating group) is 1. The Morgan fingerprint density at radius 1 is 1.58 bits per heavy atom. The number of aliphatic hydroxyl groups is 1. The second-order valence-corrected chi connectivity index (χ2v) is 3.06. The minimum absolute atomic E-state index is 0.478. The van der Waals surface area contributed by atoms with E-state index >= 15 is 0 Å². The predicted molar refractivity (Wildman–Crippen MR) is 50.3 cm³/mol. The van der Waals surface area contributed by atoms with Gasteiger partial charge in [0, 0.05) is 11.6 Å². The lowest BCUT2D eigenvalue weighted by Gasteiger charge is -2.09. The van der Waals surface area contributed by atoms with E-state index < -0.39 is 6.10 Å². The molecule has 0 aliphatic rings. The van der Waals surface area contributed by atoms with Gasteiger partial charge in [-0.3, -0.25) is 0 Å². The van der Waals surface area contributed by atoms with Crippen LogP contribution in [0.3, 0.4) is 0 Å². The quantitative estimate of drug-likeness (QED) is 0.750. The summed E-state index contributed by atoms with van der Waals surface area (Å²) in [5.74, 6) is 0. The molecule has 0 aliphatic heterocycles. The smallest absolute Gasteiger partial charge is 0.0914 e. The maximum absolute atomic E-state index is 9.52. The predicted octanol–water partition coefficient (Wildman–Crippen LogP) is 1.59. The largest absolute Gasteiger partial charge is 0.387 e. The molecule has 0 bridgehead atoms. The number of hydrogen-bond acceptors (Lipinski definition) is 2. The number of hydrogen-bond donors (Lipinski definition) is 2. The summed E-state index contributed by atoms with van der Waals surface area (Å²) in [7, 11) is 1.80. The van der Waals surface area contributed by atoms with Crippen LogP contribution in [0.4, 0.5) is 0 Å². The number of halogens is 1. The molecule has 0 unspecified atom stereocenters. The van der Waals surface area contributed by atoms with Crippen molar-refractivity contribution >= 4 is 11.6 Å². The zero-order valence-electron chi connectivity index (χ0n) is 6.92. The Kier molecular flexibility index (Phi) is 3.53. The number of aliphatic hydroxyl groups excluding tert-OH is 1. The van der Waals surface area contributed by atoms with Crippen molar-refractivity contribution in [3.63, 3.8) is 0 Å². The first-order valence-electron chi connectivity index (χ1n) is 3.82.